The van der Waals surface area contributed by atoms with Gasteiger partial charge in [-0.25, -0.2) is 0 Å². The number of thioether (sulfide) groups is 1. The number of benzene rings is 2. The van der Waals surface area contributed by atoms with E-state index >= 15 is 0 Å². The Morgan fingerprint density at radius 2 is 1.77 bits per heavy atom. The molecule has 4 nitrogen and oxygen atoms in total. The molecule has 2 aromatic carbocycles. The highest BCUT2D eigenvalue weighted by Crippen LogP contribution is 2.31. The van der Waals surface area contributed by atoms with Gasteiger partial charge in [-0.3, -0.25) is 9.69 Å². The highest BCUT2D eigenvalue weighted by Gasteiger charge is 2.28. The third-order valence-electron chi connectivity index (χ3n) is 3.87. The summed E-state index contributed by atoms with van der Waals surface area (Å²) in [5, 5.41) is 0. The van der Waals surface area contributed by atoms with E-state index in [0.29, 0.717) is 22.4 Å². The van der Waals surface area contributed by atoms with Crippen LogP contribution in [0.5, 0.6) is 11.5 Å². The summed E-state index contributed by atoms with van der Waals surface area (Å²) < 4.78 is 12.0. The lowest BCUT2D eigenvalue weighted by molar-refractivity contribution is -0.121. The SMILES string of the molecule is Cc1ccccc1OCCOc1ccc(C=C2SC(=S)N(C)C2=O)cc1. The third-order valence-corrected chi connectivity index (χ3v) is 5.35. The molecule has 0 bridgehead atoms. The molecule has 1 fully saturated rings. The van der Waals surface area contributed by atoms with E-state index in [-0.39, 0.29) is 5.91 Å². The van der Waals surface area contributed by atoms with Gasteiger partial charge in [-0.2, -0.15) is 0 Å². The van der Waals surface area contributed by atoms with Gasteiger partial charge < -0.3 is 9.47 Å². The molecule has 1 amide bonds. The number of para-hydroxylation sites is 1. The van der Waals surface area contributed by atoms with Gasteiger partial charge in [0, 0.05) is 7.05 Å². The molecule has 6 heteroatoms. The van der Waals surface area contributed by atoms with E-state index in [1.165, 1.54) is 16.7 Å². The van der Waals surface area contributed by atoms with Gasteiger partial charge in [0.15, 0.2) is 0 Å². The van der Waals surface area contributed by atoms with Crippen LogP contribution in [-0.2, 0) is 4.79 Å². The smallest absolute Gasteiger partial charge is 0.265 e. The Bertz CT molecular complexity index is 846. The Hall–Kier alpha value is -2.31. The Morgan fingerprint density at radius 1 is 1.08 bits per heavy atom. The third kappa shape index (κ3) is 4.45. The second-order valence-corrected chi connectivity index (χ2v) is 7.45. The molecule has 3 rings (SSSR count). The average molecular weight is 386 g/mol. The fourth-order valence-electron chi connectivity index (χ4n) is 2.39. The quantitative estimate of drug-likeness (QED) is 0.421. The van der Waals surface area contributed by atoms with Crippen LogP contribution in [0.1, 0.15) is 11.1 Å². The van der Waals surface area contributed by atoms with Gasteiger partial charge in [0.1, 0.15) is 29.0 Å². The van der Waals surface area contributed by atoms with Gasteiger partial charge in [-0.05, 0) is 42.3 Å². The number of amides is 1. The van der Waals surface area contributed by atoms with Crippen molar-refractivity contribution in [3.63, 3.8) is 0 Å². The summed E-state index contributed by atoms with van der Waals surface area (Å²) in [6, 6.07) is 15.5. The average Bonchev–Trinajstić information content (AvgIpc) is 2.88. The van der Waals surface area contributed by atoms with E-state index in [9.17, 15) is 4.79 Å². The van der Waals surface area contributed by atoms with Crippen LogP contribution in [0.4, 0.5) is 0 Å². The van der Waals surface area contributed by atoms with E-state index in [0.717, 1.165) is 22.6 Å². The normalized spacial score (nSPS) is 15.6. The molecule has 26 heavy (non-hydrogen) atoms. The zero-order chi connectivity index (χ0) is 18.5. The van der Waals surface area contributed by atoms with Gasteiger partial charge in [-0.15, -0.1) is 0 Å². The van der Waals surface area contributed by atoms with Crippen LogP contribution >= 0.6 is 24.0 Å². The van der Waals surface area contributed by atoms with Crippen molar-refractivity contribution in [3.8, 4) is 11.5 Å². The van der Waals surface area contributed by atoms with E-state index in [1.807, 2.05) is 61.5 Å². The summed E-state index contributed by atoms with van der Waals surface area (Å²) in [6.07, 6.45) is 1.84. The molecule has 0 aromatic heterocycles. The van der Waals surface area contributed by atoms with Gasteiger partial charge in [-0.1, -0.05) is 54.3 Å². The van der Waals surface area contributed by atoms with E-state index in [4.69, 9.17) is 21.7 Å². The lowest BCUT2D eigenvalue weighted by Crippen LogP contribution is -2.22. The first kappa shape index (κ1) is 18.5. The maximum Gasteiger partial charge on any atom is 0.265 e. The zero-order valence-electron chi connectivity index (χ0n) is 14.6. The molecule has 1 aliphatic heterocycles. The lowest BCUT2D eigenvalue weighted by Gasteiger charge is -2.10. The van der Waals surface area contributed by atoms with Crippen LogP contribution in [0.3, 0.4) is 0 Å². The molecule has 134 valence electrons. The molecule has 2 aromatic rings. The number of rotatable bonds is 6. The minimum absolute atomic E-state index is 0.0614. The number of hydrogen-bond acceptors (Lipinski definition) is 5. The number of thiocarbonyl (C=S) groups is 1. The second-order valence-electron chi connectivity index (χ2n) is 5.77. The second kappa shape index (κ2) is 8.38. The minimum atomic E-state index is -0.0614. The van der Waals surface area contributed by atoms with Crippen LogP contribution in [0, 0.1) is 6.92 Å². The summed E-state index contributed by atoms with van der Waals surface area (Å²) in [5.41, 5.74) is 2.04. The topological polar surface area (TPSA) is 38.8 Å². The Balaban J connectivity index is 1.51. The number of aryl methyl sites for hydroxylation is 1. The molecule has 0 unspecified atom stereocenters. The van der Waals surface area contributed by atoms with Crippen molar-refractivity contribution in [2.75, 3.05) is 20.3 Å². The summed E-state index contributed by atoms with van der Waals surface area (Å²) in [6.45, 7) is 2.95. The van der Waals surface area contributed by atoms with E-state index in [1.54, 1.807) is 7.05 Å². The van der Waals surface area contributed by atoms with Crippen molar-refractivity contribution < 1.29 is 14.3 Å². The van der Waals surface area contributed by atoms with Gasteiger partial charge >= 0.3 is 0 Å². The first-order valence-corrected chi connectivity index (χ1v) is 9.40. The first-order chi connectivity index (χ1) is 12.5. The van der Waals surface area contributed by atoms with Crippen molar-refractivity contribution in [2.24, 2.45) is 0 Å². The predicted octanol–water partition coefficient (Wildman–Crippen LogP) is 4.28. The molecule has 0 atom stereocenters. The Kier molecular flexibility index (Phi) is 5.96. The maximum atomic E-state index is 12.0. The summed E-state index contributed by atoms with van der Waals surface area (Å²) in [7, 11) is 1.69. The highest BCUT2D eigenvalue weighted by molar-refractivity contribution is 8.26. The van der Waals surface area contributed by atoms with Crippen molar-refractivity contribution in [1.82, 2.24) is 4.90 Å². The number of hydrogen-bond donors (Lipinski definition) is 0. The first-order valence-electron chi connectivity index (χ1n) is 8.17. The summed E-state index contributed by atoms with van der Waals surface area (Å²) in [4.78, 5) is 14.1. The summed E-state index contributed by atoms with van der Waals surface area (Å²) >= 11 is 6.45. The van der Waals surface area contributed by atoms with Gasteiger partial charge in [0.05, 0.1) is 4.91 Å². The number of likely N-dealkylation sites (N-methyl/N-ethyl adjacent to an activating group) is 1. The molecule has 1 saturated heterocycles. The van der Waals surface area contributed by atoms with Crippen molar-refractivity contribution in [1.29, 1.82) is 0 Å². The number of ether oxygens (including phenoxy) is 2. The van der Waals surface area contributed by atoms with E-state index in [2.05, 4.69) is 0 Å². The zero-order valence-corrected chi connectivity index (χ0v) is 16.2. The minimum Gasteiger partial charge on any atom is -0.490 e. The number of nitrogens with zero attached hydrogens (tertiary/aromatic N) is 1. The molecule has 1 heterocycles. The number of carbonyl (C=O) groups is 1. The molecule has 0 spiro atoms. The predicted molar refractivity (Wildman–Crippen MR) is 110 cm³/mol. The molecular weight excluding hydrogens is 366 g/mol. The molecule has 1 aliphatic rings. The van der Waals surface area contributed by atoms with Crippen LogP contribution in [0.15, 0.2) is 53.4 Å². The Labute approximate surface area is 162 Å². The lowest BCUT2D eigenvalue weighted by atomic mass is 10.2. The van der Waals surface area contributed by atoms with Crippen LogP contribution in [0.25, 0.3) is 6.08 Å². The highest BCUT2D eigenvalue weighted by atomic mass is 32.2. The standard InChI is InChI=1S/C20H19NO3S2/c1-14-5-3-4-6-17(14)24-12-11-23-16-9-7-15(8-10-16)13-18-19(22)21(2)20(25)26-18/h3-10,13H,11-12H2,1-2H3. The monoisotopic (exact) mass is 385 g/mol. The largest absolute Gasteiger partial charge is 0.490 e. The van der Waals surface area contributed by atoms with Gasteiger partial charge in [0.25, 0.3) is 5.91 Å². The maximum absolute atomic E-state index is 12.0. The van der Waals surface area contributed by atoms with E-state index < -0.39 is 0 Å². The molecule has 0 aliphatic carbocycles. The molecule has 0 N–H and O–H groups in total. The molecule has 0 saturated carbocycles. The number of carbonyl (C=O) groups excluding carboxylic acids is 1. The van der Waals surface area contributed by atoms with Crippen LogP contribution in [0.2, 0.25) is 0 Å². The van der Waals surface area contributed by atoms with Crippen molar-refractivity contribution in [3.05, 3.63) is 64.6 Å². The fraction of sp³-hybridized carbons (Fsp3) is 0.200. The summed E-state index contributed by atoms with van der Waals surface area (Å²) in [5.74, 6) is 1.58. The van der Waals surface area contributed by atoms with Crippen LogP contribution < -0.4 is 9.47 Å². The molecule has 0 radical (unpaired) electrons. The van der Waals surface area contributed by atoms with Crippen molar-refractivity contribution >= 4 is 40.3 Å². The fourth-order valence-corrected chi connectivity index (χ4v) is 3.57. The Morgan fingerprint density at radius 3 is 2.42 bits per heavy atom. The molecular formula is C20H19NO3S2. The van der Waals surface area contributed by atoms with Crippen molar-refractivity contribution in [2.45, 2.75) is 6.92 Å². The van der Waals surface area contributed by atoms with Gasteiger partial charge in [0.2, 0.25) is 0 Å². The van der Waals surface area contributed by atoms with Crippen LogP contribution in [-0.4, -0.2) is 35.4 Å².